The fraction of sp³-hybridized carbons (Fsp3) is 0.750. The number of nitrogens with one attached hydrogen (secondary N) is 1. The molecule has 1 aromatic heterocycles. The molecule has 0 spiro atoms. The Morgan fingerprint density at radius 1 is 1.19 bits per heavy atom. The largest absolute Gasteiger partial charge is 0.383 e. The van der Waals surface area contributed by atoms with Crippen molar-refractivity contribution in [1.82, 2.24) is 9.97 Å². The standard InChI is InChI=1S/C20H33N5O2/c1-2-3-10-22-20-23-18(21)16-14-17(26)25(19(16)24-20)11-6-4-5-7-15-8-12-27-13-9-15/h15H,2-14H2,1H3,(H3,21,22,23,24). The molecule has 0 atom stereocenters. The van der Waals surface area contributed by atoms with Gasteiger partial charge in [0, 0.05) is 31.9 Å². The van der Waals surface area contributed by atoms with Gasteiger partial charge < -0.3 is 15.8 Å². The minimum absolute atomic E-state index is 0.0844. The summed E-state index contributed by atoms with van der Waals surface area (Å²) in [6, 6.07) is 0. The molecule has 3 heterocycles. The molecule has 2 aliphatic heterocycles. The Kier molecular flexibility index (Phi) is 7.26. The number of amides is 1. The van der Waals surface area contributed by atoms with E-state index in [1.807, 2.05) is 0 Å². The first-order chi connectivity index (χ1) is 13.2. The Hall–Kier alpha value is -1.89. The van der Waals surface area contributed by atoms with Crippen LogP contribution in [-0.2, 0) is 16.0 Å². The lowest BCUT2D eigenvalue weighted by atomic mass is 9.94. The van der Waals surface area contributed by atoms with Gasteiger partial charge in [-0.3, -0.25) is 9.69 Å². The van der Waals surface area contributed by atoms with E-state index in [-0.39, 0.29) is 5.91 Å². The zero-order valence-corrected chi connectivity index (χ0v) is 16.5. The summed E-state index contributed by atoms with van der Waals surface area (Å²) in [5.41, 5.74) is 6.86. The number of nitrogens with zero attached hydrogens (tertiary/aromatic N) is 3. The van der Waals surface area contributed by atoms with Crippen LogP contribution in [0.5, 0.6) is 0 Å². The zero-order valence-electron chi connectivity index (χ0n) is 16.5. The summed E-state index contributed by atoms with van der Waals surface area (Å²) in [5, 5.41) is 3.21. The molecule has 27 heavy (non-hydrogen) atoms. The predicted molar refractivity (Wildman–Crippen MR) is 108 cm³/mol. The van der Waals surface area contributed by atoms with E-state index >= 15 is 0 Å². The number of aromatic nitrogens is 2. The van der Waals surface area contributed by atoms with Gasteiger partial charge >= 0.3 is 0 Å². The molecule has 0 unspecified atom stereocenters. The van der Waals surface area contributed by atoms with E-state index in [1.54, 1.807) is 4.90 Å². The lowest BCUT2D eigenvalue weighted by Crippen LogP contribution is -2.28. The Balaban J connectivity index is 1.50. The SMILES string of the molecule is CCCCNc1nc(N)c2c(n1)N(CCCCCC1CCOCC1)C(=O)C2. The van der Waals surface area contributed by atoms with Crippen LogP contribution in [-0.4, -0.2) is 42.2 Å². The van der Waals surface area contributed by atoms with Gasteiger partial charge in [-0.05, 0) is 31.6 Å². The molecular weight excluding hydrogens is 342 g/mol. The minimum Gasteiger partial charge on any atom is -0.383 e. The maximum Gasteiger partial charge on any atom is 0.232 e. The van der Waals surface area contributed by atoms with Gasteiger partial charge in [0.05, 0.1) is 6.42 Å². The number of unbranched alkanes of at least 4 members (excludes halogenated alkanes) is 3. The predicted octanol–water partition coefficient (Wildman–Crippen LogP) is 3.15. The molecular formula is C20H33N5O2. The minimum atomic E-state index is 0.0844. The van der Waals surface area contributed by atoms with Gasteiger partial charge in [0.15, 0.2) is 0 Å². The number of nitrogen functional groups attached to an aromatic ring is 1. The molecule has 2 aliphatic rings. The molecule has 0 saturated carbocycles. The molecule has 0 aromatic carbocycles. The molecule has 0 radical (unpaired) electrons. The van der Waals surface area contributed by atoms with Crippen LogP contribution in [0, 0.1) is 5.92 Å². The number of ether oxygens (including phenoxy) is 1. The van der Waals surface area contributed by atoms with Gasteiger partial charge in [0.2, 0.25) is 11.9 Å². The average Bonchev–Trinajstić information content (AvgIpc) is 2.99. The summed E-state index contributed by atoms with van der Waals surface area (Å²) in [7, 11) is 0. The summed E-state index contributed by atoms with van der Waals surface area (Å²) in [5.74, 6) is 2.56. The fourth-order valence-electron chi connectivity index (χ4n) is 3.85. The number of hydrogen-bond acceptors (Lipinski definition) is 6. The summed E-state index contributed by atoms with van der Waals surface area (Å²) >= 11 is 0. The van der Waals surface area contributed by atoms with Crippen LogP contribution in [0.4, 0.5) is 17.6 Å². The molecule has 7 nitrogen and oxygen atoms in total. The monoisotopic (exact) mass is 375 g/mol. The summed E-state index contributed by atoms with van der Waals surface area (Å²) in [6.45, 7) is 5.50. The summed E-state index contributed by atoms with van der Waals surface area (Å²) in [4.78, 5) is 23.1. The highest BCUT2D eigenvalue weighted by Gasteiger charge is 2.31. The van der Waals surface area contributed by atoms with Crippen LogP contribution < -0.4 is 16.0 Å². The van der Waals surface area contributed by atoms with Crippen molar-refractivity contribution in [2.75, 3.05) is 42.3 Å². The van der Waals surface area contributed by atoms with E-state index in [0.29, 0.717) is 30.5 Å². The van der Waals surface area contributed by atoms with Gasteiger partial charge in [-0.25, -0.2) is 0 Å². The van der Waals surface area contributed by atoms with Crippen molar-refractivity contribution in [3.63, 3.8) is 0 Å². The molecule has 150 valence electrons. The second-order valence-electron chi connectivity index (χ2n) is 7.64. The lowest BCUT2D eigenvalue weighted by Gasteiger charge is -2.22. The van der Waals surface area contributed by atoms with Gasteiger partial charge in [-0.2, -0.15) is 9.97 Å². The van der Waals surface area contributed by atoms with Crippen LogP contribution >= 0.6 is 0 Å². The van der Waals surface area contributed by atoms with Crippen molar-refractivity contribution < 1.29 is 9.53 Å². The van der Waals surface area contributed by atoms with Crippen LogP contribution in [0.25, 0.3) is 0 Å². The lowest BCUT2D eigenvalue weighted by molar-refractivity contribution is -0.117. The molecule has 3 N–H and O–H groups in total. The highest BCUT2D eigenvalue weighted by molar-refractivity contribution is 6.01. The van der Waals surface area contributed by atoms with Gasteiger partial charge in [-0.1, -0.05) is 32.6 Å². The Morgan fingerprint density at radius 2 is 2.00 bits per heavy atom. The average molecular weight is 376 g/mol. The number of rotatable bonds is 10. The van der Waals surface area contributed by atoms with Crippen molar-refractivity contribution in [3.05, 3.63) is 5.56 Å². The van der Waals surface area contributed by atoms with E-state index < -0.39 is 0 Å². The first-order valence-electron chi connectivity index (χ1n) is 10.5. The van der Waals surface area contributed by atoms with Crippen molar-refractivity contribution in [2.45, 2.75) is 64.7 Å². The second kappa shape index (κ2) is 9.88. The third kappa shape index (κ3) is 5.31. The highest BCUT2D eigenvalue weighted by atomic mass is 16.5. The van der Waals surface area contributed by atoms with E-state index in [1.165, 1.54) is 25.7 Å². The third-order valence-electron chi connectivity index (χ3n) is 5.55. The van der Waals surface area contributed by atoms with Gasteiger partial charge in [0.25, 0.3) is 0 Å². The topological polar surface area (TPSA) is 93.4 Å². The second-order valence-corrected chi connectivity index (χ2v) is 7.64. The van der Waals surface area contributed by atoms with E-state index in [0.717, 1.165) is 56.9 Å². The van der Waals surface area contributed by atoms with Crippen LogP contribution in [0.1, 0.15) is 63.9 Å². The number of hydrogen-bond donors (Lipinski definition) is 2. The maximum atomic E-state index is 12.4. The molecule has 1 saturated heterocycles. The first-order valence-corrected chi connectivity index (χ1v) is 10.5. The number of nitrogens with two attached hydrogens (primary N) is 1. The van der Waals surface area contributed by atoms with E-state index in [4.69, 9.17) is 10.5 Å². The maximum absolute atomic E-state index is 12.4. The zero-order chi connectivity index (χ0) is 19.1. The summed E-state index contributed by atoms with van der Waals surface area (Å²) in [6.07, 6.45) is 9.49. The molecule has 7 heteroatoms. The smallest absolute Gasteiger partial charge is 0.232 e. The summed E-state index contributed by atoms with van der Waals surface area (Å²) < 4.78 is 5.42. The van der Waals surface area contributed by atoms with Crippen LogP contribution in [0.15, 0.2) is 0 Å². The van der Waals surface area contributed by atoms with Crippen molar-refractivity contribution >= 4 is 23.5 Å². The van der Waals surface area contributed by atoms with Crippen molar-refractivity contribution in [1.29, 1.82) is 0 Å². The molecule has 1 fully saturated rings. The Bertz CT molecular complexity index is 631. The third-order valence-corrected chi connectivity index (χ3v) is 5.55. The number of anilines is 3. The van der Waals surface area contributed by atoms with E-state index in [2.05, 4.69) is 22.2 Å². The Labute approximate surface area is 162 Å². The van der Waals surface area contributed by atoms with Gasteiger partial charge in [-0.15, -0.1) is 0 Å². The van der Waals surface area contributed by atoms with Crippen LogP contribution in [0.2, 0.25) is 0 Å². The first kappa shape index (κ1) is 19.9. The van der Waals surface area contributed by atoms with Crippen molar-refractivity contribution in [2.24, 2.45) is 5.92 Å². The highest BCUT2D eigenvalue weighted by Crippen LogP contribution is 2.32. The van der Waals surface area contributed by atoms with Crippen LogP contribution in [0.3, 0.4) is 0 Å². The van der Waals surface area contributed by atoms with Crippen molar-refractivity contribution in [3.8, 4) is 0 Å². The Morgan fingerprint density at radius 3 is 2.78 bits per heavy atom. The van der Waals surface area contributed by atoms with Gasteiger partial charge in [0.1, 0.15) is 11.6 Å². The quantitative estimate of drug-likeness (QED) is 0.610. The normalized spacial score (nSPS) is 17.4. The molecule has 3 rings (SSSR count). The van der Waals surface area contributed by atoms with E-state index in [9.17, 15) is 4.79 Å². The molecule has 1 amide bonds. The number of fused-ring (bicyclic) bond motifs is 1. The molecule has 0 bridgehead atoms. The molecule has 0 aliphatic carbocycles. The number of carbonyl (C=O) groups excluding carboxylic acids is 1. The fourth-order valence-corrected chi connectivity index (χ4v) is 3.85. The molecule has 1 aromatic rings. The number of carbonyl (C=O) groups is 1.